The van der Waals surface area contributed by atoms with Crippen LogP contribution in [0.2, 0.25) is 0 Å². The second kappa shape index (κ2) is 5.29. The van der Waals surface area contributed by atoms with Gasteiger partial charge in [-0.3, -0.25) is 0 Å². The largest absolute Gasteiger partial charge is 0.398 e. The van der Waals surface area contributed by atoms with E-state index in [4.69, 9.17) is 5.73 Å². The highest BCUT2D eigenvalue weighted by Gasteiger charge is 2.01. The second-order valence-electron chi connectivity index (χ2n) is 4.15. The number of nitrogen functional groups attached to an aromatic ring is 1. The van der Waals surface area contributed by atoms with Crippen LogP contribution in [0.3, 0.4) is 0 Å². The number of hydrogen-bond donors (Lipinski definition) is 2. The maximum atomic E-state index is 5.92. The Morgan fingerprint density at radius 1 is 1.29 bits per heavy atom. The molecule has 3 N–H and O–H groups in total. The average molecular weight is 247 g/mol. The summed E-state index contributed by atoms with van der Waals surface area (Å²) < 4.78 is 0. The fraction of sp³-hybridized carbons (Fsp3) is 0.308. The molecule has 90 valence electrons. The molecule has 0 spiro atoms. The number of nitrogens with zero attached hydrogens (tertiary/aromatic N) is 1. The predicted octanol–water partition coefficient (Wildman–Crippen LogP) is 2.63. The van der Waals surface area contributed by atoms with Crippen LogP contribution in [0.25, 0.3) is 0 Å². The molecule has 0 aliphatic carbocycles. The molecule has 4 heteroatoms. The summed E-state index contributed by atoms with van der Waals surface area (Å²) in [5, 5.41) is 4.50. The highest BCUT2D eigenvalue weighted by molar-refractivity contribution is 7.11. The Morgan fingerprint density at radius 3 is 2.82 bits per heavy atom. The molecule has 1 heterocycles. The van der Waals surface area contributed by atoms with Gasteiger partial charge >= 0.3 is 0 Å². The first kappa shape index (κ1) is 12.1. The molecule has 2 aromatic rings. The summed E-state index contributed by atoms with van der Waals surface area (Å²) in [6.45, 7) is 5.74. The molecule has 0 bridgehead atoms. The Morgan fingerprint density at radius 2 is 2.12 bits per heavy atom. The molecule has 0 saturated carbocycles. The monoisotopic (exact) mass is 247 g/mol. The van der Waals surface area contributed by atoms with Crippen LogP contribution in [0.5, 0.6) is 0 Å². The smallest absolute Gasteiger partial charge is 0.0897 e. The van der Waals surface area contributed by atoms with Gasteiger partial charge in [-0.1, -0.05) is 17.7 Å². The third-order valence-corrected chi connectivity index (χ3v) is 3.50. The first-order valence-electron chi connectivity index (χ1n) is 5.62. The minimum atomic E-state index is 0.796. The number of anilines is 1. The third kappa shape index (κ3) is 3.28. The number of benzene rings is 1. The summed E-state index contributed by atoms with van der Waals surface area (Å²) in [7, 11) is 0. The summed E-state index contributed by atoms with van der Waals surface area (Å²) in [5.41, 5.74) is 9.17. The molecule has 0 amide bonds. The van der Waals surface area contributed by atoms with E-state index >= 15 is 0 Å². The van der Waals surface area contributed by atoms with Crippen molar-refractivity contribution >= 4 is 17.0 Å². The molecular weight excluding hydrogens is 230 g/mol. The predicted molar refractivity (Wildman–Crippen MR) is 73.0 cm³/mol. The van der Waals surface area contributed by atoms with Crippen molar-refractivity contribution in [1.82, 2.24) is 10.3 Å². The molecule has 0 aliphatic heterocycles. The standard InChI is InChI=1S/C13H17N3S/c1-9-3-4-13(14)11(5-9)6-15-7-12-8-16-10(2)17-12/h3-5,8,15H,6-7,14H2,1-2H3. The van der Waals surface area contributed by atoms with Gasteiger partial charge in [-0.15, -0.1) is 11.3 Å². The number of nitrogens with two attached hydrogens (primary N) is 1. The number of hydrogen-bond acceptors (Lipinski definition) is 4. The van der Waals surface area contributed by atoms with E-state index in [1.807, 2.05) is 25.3 Å². The molecule has 1 aromatic heterocycles. The van der Waals surface area contributed by atoms with Crippen molar-refractivity contribution in [2.45, 2.75) is 26.9 Å². The van der Waals surface area contributed by atoms with Gasteiger partial charge in [0.25, 0.3) is 0 Å². The zero-order valence-corrected chi connectivity index (χ0v) is 11.0. The SMILES string of the molecule is Cc1ccc(N)c(CNCc2cnc(C)s2)c1. The van der Waals surface area contributed by atoms with E-state index in [0.29, 0.717) is 0 Å². The lowest BCUT2D eigenvalue weighted by Gasteiger charge is -2.07. The van der Waals surface area contributed by atoms with Gasteiger partial charge in [0.2, 0.25) is 0 Å². The van der Waals surface area contributed by atoms with Gasteiger partial charge in [0.15, 0.2) is 0 Å². The van der Waals surface area contributed by atoms with E-state index in [1.54, 1.807) is 11.3 Å². The number of rotatable bonds is 4. The van der Waals surface area contributed by atoms with Crippen LogP contribution in [0.1, 0.15) is 21.0 Å². The van der Waals surface area contributed by atoms with Crippen LogP contribution >= 0.6 is 11.3 Å². The van der Waals surface area contributed by atoms with Crippen molar-refractivity contribution in [2.75, 3.05) is 5.73 Å². The van der Waals surface area contributed by atoms with Gasteiger partial charge < -0.3 is 11.1 Å². The average Bonchev–Trinajstić information content (AvgIpc) is 2.69. The van der Waals surface area contributed by atoms with E-state index in [9.17, 15) is 0 Å². The van der Waals surface area contributed by atoms with Crippen LogP contribution in [-0.2, 0) is 13.1 Å². The number of nitrogens with one attached hydrogen (secondary N) is 1. The minimum absolute atomic E-state index is 0.796. The molecule has 0 saturated heterocycles. The summed E-state index contributed by atoms with van der Waals surface area (Å²) in [6.07, 6.45) is 1.92. The van der Waals surface area contributed by atoms with Crippen molar-refractivity contribution in [1.29, 1.82) is 0 Å². The van der Waals surface area contributed by atoms with Crippen LogP contribution < -0.4 is 11.1 Å². The summed E-state index contributed by atoms with van der Waals surface area (Å²) in [5.74, 6) is 0. The topological polar surface area (TPSA) is 50.9 Å². The van der Waals surface area contributed by atoms with Crippen molar-refractivity contribution in [3.05, 3.63) is 45.4 Å². The van der Waals surface area contributed by atoms with Crippen LogP contribution in [0.4, 0.5) is 5.69 Å². The highest BCUT2D eigenvalue weighted by atomic mass is 32.1. The van der Waals surface area contributed by atoms with Gasteiger partial charge in [0.05, 0.1) is 5.01 Å². The third-order valence-electron chi connectivity index (χ3n) is 2.58. The van der Waals surface area contributed by atoms with Crippen LogP contribution in [0, 0.1) is 13.8 Å². The lowest BCUT2D eigenvalue weighted by atomic mass is 10.1. The lowest BCUT2D eigenvalue weighted by Crippen LogP contribution is -2.13. The van der Waals surface area contributed by atoms with Crippen molar-refractivity contribution in [2.24, 2.45) is 0 Å². The zero-order valence-electron chi connectivity index (χ0n) is 10.2. The van der Waals surface area contributed by atoms with Gasteiger partial charge in [-0.05, 0) is 25.5 Å². The Hall–Kier alpha value is -1.39. The van der Waals surface area contributed by atoms with E-state index in [-0.39, 0.29) is 0 Å². The maximum absolute atomic E-state index is 5.92. The molecule has 1 aromatic carbocycles. The molecule has 0 aliphatic rings. The van der Waals surface area contributed by atoms with Crippen molar-refractivity contribution in [3.8, 4) is 0 Å². The minimum Gasteiger partial charge on any atom is -0.398 e. The Bertz CT molecular complexity index is 505. The molecule has 0 radical (unpaired) electrons. The van der Waals surface area contributed by atoms with Crippen LogP contribution in [0.15, 0.2) is 24.4 Å². The molecule has 0 fully saturated rings. The van der Waals surface area contributed by atoms with Gasteiger partial charge in [0.1, 0.15) is 0 Å². The zero-order chi connectivity index (χ0) is 12.3. The summed E-state index contributed by atoms with van der Waals surface area (Å²) in [6, 6.07) is 6.12. The summed E-state index contributed by atoms with van der Waals surface area (Å²) in [4.78, 5) is 5.49. The Labute approximate surface area is 106 Å². The molecule has 3 nitrogen and oxygen atoms in total. The van der Waals surface area contributed by atoms with Gasteiger partial charge in [0, 0.05) is 29.9 Å². The van der Waals surface area contributed by atoms with E-state index in [0.717, 1.165) is 29.3 Å². The molecule has 0 unspecified atom stereocenters. The number of aromatic nitrogens is 1. The van der Waals surface area contributed by atoms with Gasteiger partial charge in [-0.25, -0.2) is 4.98 Å². The van der Waals surface area contributed by atoms with Gasteiger partial charge in [-0.2, -0.15) is 0 Å². The van der Waals surface area contributed by atoms with E-state index in [1.165, 1.54) is 10.4 Å². The normalized spacial score (nSPS) is 10.7. The molecule has 2 rings (SSSR count). The molecule has 17 heavy (non-hydrogen) atoms. The first-order chi connectivity index (χ1) is 8.15. The maximum Gasteiger partial charge on any atom is 0.0897 e. The van der Waals surface area contributed by atoms with E-state index < -0.39 is 0 Å². The second-order valence-corrected chi connectivity index (χ2v) is 5.47. The Balaban J connectivity index is 1.91. The molecular formula is C13H17N3S. The first-order valence-corrected chi connectivity index (χ1v) is 6.44. The van der Waals surface area contributed by atoms with Crippen LogP contribution in [-0.4, -0.2) is 4.98 Å². The quantitative estimate of drug-likeness (QED) is 0.817. The number of aryl methyl sites for hydroxylation is 2. The van der Waals surface area contributed by atoms with Crippen molar-refractivity contribution in [3.63, 3.8) is 0 Å². The Kier molecular flexibility index (Phi) is 3.76. The number of thiazole rings is 1. The molecule has 0 atom stereocenters. The fourth-order valence-corrected chi connectivity index (χ4v) is 2.46. The fourth-order valence-electron chi connectivity index (χ4n) is 1.70. The lowest BCUT2D eigenvalue weighted by molar-refractivity contribution is 0.701. The summed E-state index contributed by atoms with van der Waals surface area (Å²) >= 11 is 1.73. The van der Waals surface area contributed by atoms with E-state index in [2.05, 4.69) is 23.3 Å². The highest BCUT2D eigenvalue weighted by Crippen LogP contribution is 2.14. The van der Waals surface area contributed by atoms with Crippen molar-refractivity contribution < 1.29 is 0 Å².